The minimum Gasteiger partial charge on any atom is -0.493 e. The van der Waals surface area contributed by atoms with Crippen LogP contribution in [0.25, 0.3) is 0 Å². The lowest BCUT2D eigenvalue weighted by Crippen LogP contribution is -2.19. The Hall–Kier alpha value is -0.500. The van der Waals surface area contributed by atoms with E-state index >= 15 is 0 Å². The summed E-state index contributed by atoms with van der Waals surface area (Å²) in [4.78, 5) is 0.754. The van der Waals surface area contributed by atoms with Gasteiger partial charge >= 0.3 is 0 Å². The van der Waals surface area contributed by atoms with Crippen molar-refractivity contribution in [3.05, 3.63) is 29.3 Å². The first-order valence-electron chi connectivity index (χ1n) is 7.21. The van der Waals surface area contributed by atoms with Crippen molar-refractivity contribution in [2.24, 2.45) is 5.92 Å². The topological polar surface area (TPSA) is 9.23 Å². The molecule has 98 valence electrons. The van der Waals surface area contributed by atoms with Gasteiger partial charge in [0.1, 0.15) is 5.75 Å². The third kappa shape index (κ3) is 2.74. The molecule has 2 unspecified atom stereocenters. The largest absolute Gasteiger partial charge is 0.493 e. The van der Waals surface area contributed by atoms with Gasteiger partial charge in [-0.05, 0) is 48.8 Å². The zero-order valence-electron chi connectivity index (χ0n) is 10.8. The number of aryl methyl sites for hydroxylation is 1. The van der Waals surface area contributed by atoms with Gasteiger partial charge in [-0.2, -0.15) is 0 Å². The molecule has 1 nitrogen and oxygen atoms in total. The Bertz CT molecular complexity index is 416. The normalized spacial score (nSPS) is 26.7. The second kappa shape index (κ2) is 5.64. The molecule has 1 aliphatic carbocycles. The fourth-order valence-corrected chi connectivity index (χ4v) is 4.09. The Morgan fingerprint density at radius 3 is 3.00 bits per heavy atom. The summed E-state index contributed by atoms with van der Waals surface area (Å²) in [6, 6.07) is 6.76. The second-order valence-electron chi connectivity index (χ2n) is 5.64. The minimum absolute atomic E-state index is 0.754. The molecule has 1 saturated carbocycles. The molecular formula is C16H21BrO. The van der Waals surface area contributed by atoms with Crippen molar-refractivity contribution >= 4 is 15.9 Å². The van der Waals surface area contributed by atoms with Gasteiger partial charge in [-0.1, -0.05) is 40.9 Å². The standard InChI is InChI=1S/C16H21BrO/c17-15-4-2-1-3-13(15)7-5-12-6-8-16-14(11-12)9-10-18-16/h6,8,11,13,15H,1-5,7,9-10H2. The van der Waals surface area contributed by atoms with Gasteiger partial charge in [-0.15, -0.1) is 0 Å². The smallest absolute Gasteiger partial charge is 0.122 e. The van der Waals surface area contributed by atoms with E-state index < -0.39 is 0 Å². The molecular weight excluding hydrogens is 288 g/mol. The summed E-state index contributed by atoms with van der Waals surface area (Å²) in [5, 5.41) is 0. The Labute approximate surface area is 118 Å². The molecule has 0 aromatic heterocycles. The first-order valence-corrected chi connectivity index (χ1v) is 8.13. The van der Waals surface area contributed by atoms with Gasteiger partial charge in [0.2, 0.25) is 0 Å². The van der Waals surface area contributed by atoms with Gasteiger partial charge < -0.3 is 4.74 Å². The van der Waals surface area contributed by atoms with Crippen LogP contribution in [0.2, 0.25) is 0 Å². The number of fused-ring (bicyclic) bond motifs is 1. The predicted molar refractivity (Wildman–Crippen MR) is 78.6 cm³/mol. The SMILES string of the molecule is BrC1CCCCC1CCc1ccc2c(c1)CCO2. The van der Waals surface area contributed by atoms with Crippen LogP contribution in [0.5, 0.6) is 5.75 Å². The van der Waals surface area contributed by atoms with Crippen LogP contribution in [0.4, 0.5) is 0 Å². The second-order valence-corrected chi connectivity index (χ2v) is 6.82. The maximum Gasteiger partial charge on any atom is 0.122 e. The van der Waals surface area contributed by atoms with Crippen LogP contribution in [-0.4, -0.2) is 11.4 Å². The summed E-state index contributed by atoms with van der Waals surface area (Å²) in [7, 11) is 0. The number of halogens is 1. The number of rotatable bonds is 3. The molecule has 2 heteroatoms. The van der Waals surface area contributed by atoms with Crippen molar-refractivity contribution in [3.8, 4) is 5.75 Å². The Kier molecular flexibility index (Phi) is 3.93. The molecule has 0 bridgehead atoms. The number of benzene rings is 1. The highest BCUT2D eigenvalue weighted by molar-refractivity contribution is 9.09. The summed E-state index contributed by atoms with van der Waals surface area (Å²) in [6.07, 6.45) is 9.24. The van der Waals surface area contributed by atoms with Gasteiger partial charge in [0.25, 0.3) is 0 Å². The first kappa shape index (κ1) is 12.5. The third-order valence-corrected chi connectivity index (χ3v) is 5.58. The fraction of sp³-hybridized carbons (Fsp3) is 0.625. The molecule has 1 heterocycles. The molecule has 18 heavy (non-hydrogen) atoms. The lowest BCUT2D eigenvalue weighted by atomic mass is 9.85. The number of alkyl halides is 1. The zero-order valence-corrected chi connectivity index (χ0v) is 12.4. The van der Waals surface area contributed by atoms with Gasteiger partial charge in [-0.3, -0.25) is 0 Å². The van der Waals surface area contributed by atoms with Crippen molar-refractivity contribution in [1.82, 2.24) is 0 Å². The van der Waals surface area contributed by atoms with E-state index in [1.54, 1.807) is 0 Å². The van der Waals surface area contributed by atoms with Crippen molar-refractivity contribution in [2.45, 2.75) is 49.8 Å². The molecule has 1 aromatic carbocycles. The van der Waals surface area contributed by atoms with E-state index in [1.165, 1.54) is 49.7 Å². The molecule has 0 amide bonds. The molecule has 0 saturated heterocycles. The molecule has 2 aliphatic rings. The molecule has 0 spiro atoms. The van der Waals surface area contributed by atoms with Crippen LogP contribution in [0.15, 0.2) is 18.2 Å². The van der Waals surface area contributed by atoms with E-state index in [4.69, 9.17) is 4.74 Å². The Morgan fingerprint density at radius 2 is 2.11 bits per heavy atom. The monoisotopic (exact) mass is 308 g/mol. The average molecular weight is 309 g/mol. The molecule has 1 fully saturated rings. The lowest BCUT2D eigenvalue weighted by molar-refractivity contribution is 0.354. The average Bonchev–Trinajstić information content (AvgIpc) is 2.85. The van der Waals surface area contributed by atoms with Crippen molar-refractivity contribution in [2.75, 3.05) is 6.61 Å². The lowest BCUT2D eigenvalue weighted by Gasteiger charge is -2.27. The van der Waals surface area contributed by atoms with Crippen LogP contribution >= 0.6 is 15.9 Å². The highest BCUT2D eigenvalue weighted by Crippen LogP contribution is 2.33. The highest BCUT2D eigenvalue weighted by atomic mass is 79.9. The molecule has 0 radical (unpaired) electrons. The zero-order chi connectivity index (χ0) is 12.4. The maximum atomic E-state index is 5.56. The van der Waals surface area contributed by atoms with Crippen molar-refractivity contribution in [3.63, 3.8) is 0 Å². The quantitative estimate of drug-likeness (QED) is 0.747. The van der Waals surface area contributed by atoms with E-state index in [9.17, 15) is 0 Å². The summed E-state index contributed by atoms with van der Waals surface area (Å²) in [6.45, 7) is 0.866. The van der Waals surface area contributed by atoms with Crippen LogP contribution in [0, 0.1) is 5.92 Å². The molecule has 1 aliphatic heterocycles. The summed E-state index contributed by atoms with van der Waals surface area (Å²) in [5.74, 6) is 1.98. The van der Waals surface area contributed by atoms with Crippen LogP contribution in [-0.2, 0) is 12.8 Å². The van der Waals surface area contributed by atoms with Gasteiger partial charge in [0.15, 0.2) is 0 Å². The maximum absolute atomic E-state index is 5.56. The van der Waals surface area contributed by atoms with Crippen LogP contribution in [0.1, 0.15) is 43.2 Å². The number of ether oxygens (including phenoxy) is 1. The number of hydrogen-bond acceptors (Lipinski definition) is 1. The van der Waals surface area contributed by atoms with Crippen LogP contribution in [0.3, 0.4) is 0 Å². The third-order valence-electron chi connectivity index (χ3n) is 4.37. The predicted octanol–water partition coefficient (Wildman–Crippen LogP) is 4.51. The van der Waals surface area contributed by atoms with E-state index in [0.29, 0.717) is 0 Å². The van der Waals surface area contributed by atoms with E-state index in [-0.39, 0.29) is 0 Å². The number of hydrogen-bond donors (Lipinski definition) is 0. The van der Waals surface area contributed by atoms with E-state index in [2.05, 4.69) is 34.1 Å². The van der Waals surface area contributed by atoms with Crippen molar-refractivity contribution < 1.29 is 4.74 Å². The molecule has 3 rings (SSSR count). The first-order chi connectivity index (χ1) is 8.83. The van der Waals surface area contributed by atoms with E-state index in [1.807, 2.05) is 0 Å². The molecule has 2 atom stereocenters. The Balaban J connectivity index is 1.59. The fourth-order valence-electron chi connectivity index (χ4n) is 3.24. The highest BCUT2D eigenvalue weighted by Gasteiger charge is 2.22. The summed E-state index contributed by atoms with van der Waals surface area (Å²) < 4.78 is 5.56. The molecule has 1 aromatic rings. The van der Waals surface area contributed by atoms with Crippen LogP contribution < -0.4 is 4.74 Å². The Morgan fingerprint density at radius 1 is 1.22 bits per heavy atom. The minimum atomic E-state index is 0.754. The van der Waals surface area contributed by atoms with Gasteiger partial charge in [0.05, 0.1) is 6.61 Å². The molecule has 0 N–H and O–H groups in total. The van der Waals surface area contributed by atoms with Crippen molar-refractivity contribution in [1.29, 1.82) is 0 Å². The summed E-state index contributed by atoms with van der Waals surface area (Å²) in [5.41, 5.74) is 2.90. The van der Waals surface area contributed by atoms with E-state index in [0.717, 1.165) is 29.5 Å². The van der Waals surface area contributed by atoms with Gasteiger partial charge in [-0.25, -0.2) is 0 Å². The summed E-state index contributed by atoms with van der Waals surface area (Å²) >= 11 is 3.86. The van der Waals surface area contributed by atoms with Gasteiger partial charge in [0, 0.05) is 11.2 Å².